The van der Waals surface area contributed by atoms with Crippen molar-refractivity contribution in [2.45, 2.75) is 32.4 Å². The van der Waals surface area contributed by atoms with E-state index in [9.17, 15) is 4.79 Å². The molecule has 120 valence electrons. The van der Waals surface area contributed by atoms with Crippen LogP contribution in [0.1, 0.15) is 36.2 Å². The van der Waals surface area contributed by atoms with Crippen LogP contribution in [0.4, 0.5) is 11.4 Å². The SMILES string of the molecule is CCC1(C)CN(Cc2ccc(C(=O)O)cc2)c2ccccc2N1. The highest BCUT2D eigenvalue weighted by molar-refractivity contribution is 5.87. The van der Waals surface area contributed by atoms with Crippen LogP contribution in [0, 0.1) is 0 Å². The summed E-state index contributed by atoms with van der Waals surface area (Å²) in [7, 11) is 0. The Hall–Kier alpha value is -2.49. The van der Waals surface area contributed by atoms with Gasteiger partial charge in [0, 0.05) is 13.1 Å². The molecule has 2 N–H and O–H groups in total. The van der Waals surface area contributed by atoms with E-state index in [1.807, 2.05) is 18.2 Å². The minimum atomic E-state index is -0.886. The van der Waals surface area contributed by atoms with Crippen LogP contribution < -0.4 is 10.2 Å². The smallest absolute Gasteiger partial charge is 0.335 e. The molecule has 3 rings (SSSR count). The first-order valence-electron chi connectivity index (χ1n) is 7.95. The molecule has 0 spiro atoms. The number of hydrogen-bond acceptors (Lipinski definition) is 3. The second kappa shape index (κ2) is 5.95. The Morgan fingerprint density at radius 2 is 1.91 bits per heavy atom. The van der Waals surface area contributed by atoms with Crippen molar-refractivity contribution in [3.05, 3.63) is 59.7 Å². The van der Waals surface area contributed by atoms with Gasteiger partial charge in [-0.25, -0.2) is 4.79 Å². The number of aromatic carboxylic acids is 1. The monoisotopic (exact) mass is 310 g/mol. The van der Waals surface area contributed by atoms with Gasteiger partial charge < -0.3 is 15.3 Å². The summed E-state index contributed by atoms with van der Waals surface area (Å²) < 4.78 is 0. The lowest BCUT2D eigenvalue weighted by Crippen LogP contribution is -2.49. The van der Waals surface area contributed by atoms with E-state index in [0.29, 0.717) is 5.56 Å². The summed E-state index contributed by atoms with van der Waals surface area (Å²) >= 11 is 0. The number of carbonyl (C=O) groups is 1. The molecule has 1 unspecified atom stereocenters. The zero-order valence-corrected chi connectivity index (χ0v) is 13.5. The quantitative estimate of drug-likeness (QED) is 0.896. The maximum atomic E-state index is 11.0. The number of anilines is 2. The van der Waals surface area contributed by atoms with E-state index in [2.05, 4.69) is 42.3 Å². The maximum Gasteiger partial charge on any atom is 0.335 e. The van der Waals surface area contributed by atoms with Crippen LogP contribution in [-0.4, -0.2) is 23.2 Å². The Labute approximate surface area is 136 Å². The van der Waals surface area contributed by atoms with E-state index in [1.165, 1.54) is 5.69 Å². The van der Waals surface area contributed by atoms with Gasteiger partial charge in [0.05, 0.1) is 22.5 Å². The van der Waals surface area contributed by atoms with Crippen molar-refractivity contribution >= 4 is 17.3 Å². The summed E-state index contributed by atoms with van der Waals surface area (Å²) in [6.45, 7) is 6.12. The zero-order valence-electron chi connectivity index (χ0n) is 13.5. The Balaban J connectivity index is 1.87. The summed E-state index contributed by atoms with van der Waals surface area (Å²) in [6.07, 6.45) is 1.04. The van der Waals surface area contributed by atoms with Crippen LogP contribution in [0.3, 0.4) is 0 Å². The van der Waals surface area contributed by atoms with Gasteiger partial charge >= 0.3 is 5.97 Å². The van der Waals surface area contributed by atoms with Gasteiger partial charge in [-0.2, -0.15) is 0 Å². The van der Waals surface area contributed by atoms with Gasteiger partial charge in [0.25, 0.3) is 0 Å². The van der Waals surface area contributed by atoms with Crippen LogP contribution >= 0.6 is 0 Å². The van der Waals surface area contributed by atoms with Gasteiger partial charge in [-0.15, -0.1) is 0 Å². The first kappa shape index (κ1) is 15.4. The predicted molar refractivity (Wildman–Crippen MR) is 93.2 cm³/mol. The Morgan fingerprint density at radius 1 is 1.22 bits per heavy atom. The lowest BCUT2D eigenvalue weighted by molar-refractivity contribution is 0.0697. The van der Waals surface area contributed by atoms with Crippen molar-refractivity contribution in [1.29, 1.82) is 0 Å². The van der Waals surface area contributed by atoms with Gasteiger partial charge in [-0.05, 0) is 43.2 Å². The van der Waals surface area contributed by atoms with Crippen LogP contribution in [0.25, 0.3) is 0 Å². The fourth-order valence-corrected chi connectivity index (χ4v) is 3.04. The summed E-state index contributed by atoms with van der Waals surface area (Å²) in [6, 6.07) is 15.5. The fraction of sp³-hybridized carbons (Fsp3) is 0.316. The average molecular weight is 310 g/mol. The normalized spacial score (nSPS) is 19.8. The molecule has 1 aliphatic heterocycles. The van der Waals surface area contributed by atoms with Gasteiger partial charge in [0.1, 0.15) is 0 Å². The number of hydrogen-bond donors (Lipinski definition) is 2. The van der Waals surface area contributed by atoms with Crippen LogP contribution in [0.15, 0.2) is 48.5 Å². The number of para-hydroxylation sites is 2. The lowest BCUT2D eigenvalue weighted by atomic mass is 9.93. The number of carboxylic acids is 1. The van der Waals surface area contributed by atoms with Crippen molar-refractivity contribution in [2.75, 3.05) is 16.8 Å². The highest BCUT2D eigenvalue weighted by Crippen LogP contribution is 2.36. The number of carboxylic acid groups (broad SMARTS) is 1. The molecule has 0 aromatic heterocycles. The molecule has 0 amide bonds. The van der Waals surface area contributed by atoms with Crippen LogP contribution in [0.5, 0.6) is 0 Å². The summed E-state index contributed by atoms with van der Waals surface area (Å²) in [5.41, 5.74) is 3.83. The van der Waals surface area contributed by atoms with Crippen molar-refractivity contribution in [3.63, 3.8) is 0 Å². The predicted octanol–water partition coefficient (Wildman–Crippen LogP) is 3.99. The first-order chi connectivity index (χ1) is 11.0. The van der Waals surface area contributed by atoms with Crippen molar-refractivity contribution in [3.8, 4) is 0 Å². The molecule has 2 aromatic carbocycles. The molecule has 1 aliphatic rings. The molecule has 23 heavy (non-hydrogen) atoms. The first-order valence-corrected chi connectivity index (χ1v) is 7.95. The topological polar surface area (TPSA) is 52.6 Å². The van der Waals surface area contributed by atoms with E-state index >= 15 is 0 Å². The Morgan fingerprint density at radius 3 is 2.57 bits per heavy atom. The van der Waals surface area contributed by atoms with E-state index < -0.39 is 5.97 Å². The third-order valence-corrected chi connectivity index (χ3v) is 4.58. The number of nitrogens with one attached hydrogen (secondary N) is 1. The lowest BCUT2D eigenvalue weighted by Gasteiger charge is -2.43. The Kier molecular flexibility index (Phi) is 3.99. The average Bonchev–Trinajstić information content (AvgIpc) is 2.55. The Bertz CT molecular complexity index is 712. The maximum absolute atomic E-state index is 11.0. The fourth-order valence-electron chi connectivity index (χ4n) is 3.04. The summed E-state index contributed by atoms with van der Waals surface area (Å²) in [4.78, 5) is 13.3. The molecule has 0 saturated heterocycles. The number of rotatable bonds is 4. The van der Waals surface area contributed by atoms with Crippen LogP contribution in [-0.2, 0) is 6.54 Å². The second-order valence-corrected chi connectivity index (χ2v) is 6.41. The third-order valence-electron chi connectivity index (χ3n) is 4.58. The van der Waals surface area contributed by atoms with E-state index in [1.54, 1.807) is 12.1 Å². The van der Waals surface area contributed by atoms with Crippen molar-refractivity contribution < 1.29 is 9.90 Å². The summed E-state index contributed by atoms with van der Waals surface area (Å²) in [5, 5.41) is 12.7. The molecule has 0 bridgehead atoms. The number of benzene rings is 2. The van der Waals surface area contributed by atoms with E-state index in [4.69, 9.17) is 5.11 Å². The number of nitrogens with zero attached hydrogens (tertiary/aromatic N) is 1. The molecule has 0 radical (unpaired) electrons. The molecule has 4 heteroatoms. The molecule has 0 saturated carbocycles. The molecule has 1 atom stereocenters. The minimum Gasteiger partial charge on any atom is -0.478 e. The van der Waals surface area contributed by atoms with E-state index in [0.717, 1.165) is 30.8 Å². The molecule has 4 nitrogen and oxygen atoms in total. The highest BCUT2D eigenvalue weighted by atomic mass is 16.4. The van der Waals surface area contributed by atoms with Gasteiger partial charge in [0.2, 0.25) is 0 Å². The van der Waals surface area contributed by atoms with E-state index in [-0.39, 0.29) is 5.54 Å². The van der Waals surface area contributed by atoms with Crippen LogP contribution in [0.2, 0.25) is 0 Å². The molecular formula is C19H22N2O2. The van der Waals surface area contributed by atoms with Crippen molar-refractivity contribution in [1.82, 2.24) is 0 Å². The minimum absolute atomic E-state index is 0.0371. The largest absolute Gasteiger partial charge is 0.478 e. The van der Waals surface area contributed by atoms with Crippen molar-refractivity contribution in [2.24, 2.45) is 0 Å². The standard InChI is InChI=1S/C19H22N2O2/c1-3-19(2)13-21(17-7-5-4-6-16(17)20-19)12-14-8-10-15(11-9-14)18(22)23/h4-11,20H,3,12-13H2,1-2H3,(H,22,23). The second-order valence-electron chi connectivity index (χ2n) is 6.41. The zero-order chi connectivity index (χ0) is 16.4. The molecule has 1 heterocycles. The third kappa shape index (κ3) is 3.16. The van der Waals surface area contributed by atoms with Gasteiger partial charge in [-0.3, -0.25) is 0 Å². The number of fused-ring (bicyclic) bond motifs is 1. The molecule has 0 fully saturated rings. The molecule has 2 aromatic rings. The summed E-state index contributed by atoms with van der Waals surface area (Å²) in [5.74, 6) is -0.886. The molecule has 0 aliphatic carbocycles. The molecular weight excluding hydrogens is 288 g/mol. The van der Waals surface area contributed by atoms with Gasteiger partial charge in [0.15, 0.2) is 0 Å². The highest BCUT2D eigenvalue weighted by Gasteiger charge is 2.31. The van der Waals surface area contributed by atoms with Gasteiger partial charge in [-0.1, -0.05) is 31.2 Å².